The molecule has 34 heavy (non-hydrogen) atoms. The van der Waals surface area contributed by atoms with Crippen LogP contribution in [0, 0.1) is 0 Å². The molecular weight excluding hydrogens is 448 g/mol. The van der Waals surface area contributed by atoms with E-state index in [-0.39, 0.29) is 24.5 Å². The third-order valence-electron chi connectivity index (χ3n) is 6.29. The van der Waals surface area contributed by atoms with Crippen LogP contribution in [0.2, 0.25) is 0 Å². The topological polar surface area (TPSA) is 67.9 Å². The molecule has 2 aromatic carbocycles. The SMILES string of the molecule is O=C(NC1CCOc2ccccc21)c1sc(-c2ccccc2)cc1OCC(=O)N1CCCCC1. The summed E-state index contributed by atoms with van der Waals surface area (Å²) in [6.45, 7) is 2.04. The van der Waals surface area contributed by atoms with Crippen LogP contribution < -0.4 is 14.8 Å². The summed E-state index contributed by atoms with van der Waals surface area (Å²) < 4.78 is 11.7. The normalized spacial score (nSPS) is 17.4. The number of ether oxygens (including phenoxy) is 2. The Morgan fingerprint density at radius 2 is 1.79 bits per heavy atom. The number of carbonyl (C=O) groups excluding carboxylic acids is 2. The molecule has 2 aliphatic heterocycles. The molecule has 1 atom stereocenters. The number of para-hydroxylation sites is 1. The number of carbonyl (C=O) groups is 2. The highest BCUT2D eigenvalue weighted by molar-refractivity contribution is 7.17. The summed E-state index contributed by atoms with van der Waals surface area (Å²) in [5.41, 5.74) is 1.99. The number of nitrogens with zero attached hydrogens (tertiary/aromatic N) is 1. The number of hydrogen-bond acceptors (Lipinski definition) is 5. The predicted octanol–water partition coefficient (Wildman–Crippen LogP) is 5.06. The van der Waals surface area contributed by atoms with E-state index in [0.717, 1.165) is 54.1 Å². The standard InChI is InChI=1S/C27H28N2O4S/c30-25(29-14-7-2-8-15-29)18-33-23-17-24(19-9-3-1-4-10-19)34-26(23)27(31)28-21-13-16-32-22-12-6-5-11-20(21)22/h1,3-6,9-12,17,21H,2,7-8,13-16,18H2,(H,28,31). The summed E-state index contributed by atoms with van der Waals surface area (Å²) >= 11 is 1.38. The molecule has 0 radical (unpaired) electrons. The molecule has 3 aromatic rings. The van der Waals surface area contributed by atoms with Crippen molar-refractivity contribution < 1.29 is 19.1 Å². The minimum atomic E-state index is -0.200. The fourth-order valence-corrected chi connectivity index (χ4v) is 5.48. The second-order valence-electron chi connectivity index (χ2n) is 8.60. The lowest BCUT2D eigenvalue weighted by molar-refractivity contribution is -0.134. The molecule has 0 spiro atoms. The maximum atomic E-state index is 13.4. The maximum Gasteiger partial charge on any atom is 0.265 e. The first-order chi connectivity index (χ1) is 16.7. The van der Waals surface area contributed by atoms with Gasteiger partial charge in [0, 0.05) is 30.0 Å². The van der Waals surface area contributed by atoms with Gasteiger partial charge in [0.15, 0.2) is 6.61 Å². The van der Waals surface area contributed by atoms with Crippen LogP contribution in [0.25, 0.3) is 10.4 Å². The number of amides is 2. The Balaban J connectivity index is 1.37. The minimum Gasteiger partial charge on any atom is -0.493 e. The van der Waals surface area contributed by atoms with Crippen LogP contribution in [0.5, 0.6) is 11.5 Å². The van der Waals surface area contributed by atoms with Crippen molar-refractivity contribution in [2.24, 2.45) is 0 Å². The van der Waals surface area contributed by atoms with Crippen LogP contribution in [-0.4, -0.2) is 43.0 Å². The van der Waals surface area contributed by atoms with Crippen LogP contribution in [0.1, 0.15) is 47.0 Å². The predicted molar refractivity (Wildman–Crippen MR) is 132 cm³/mol. The Morgan fingerprint density at radius 1 is 1.03 bits per heavy atom. The number of nitrogens with one attached hydrogen (secondary N) is 1. The van der Waals surface area contributed by atoms with E-state index in [9.17, 15) is 9.59 Å². The molecule has 1 fully saturated rings. The van der Waals surface area contributed by atoms with Gasteiger partial charge in [-0.05, 0) is 37.0 Å². The molecule has 1 saturated heterocycles. The zero-order valence-electron chi connectivity index (χ0n) is 19.0. The summed E-state index contributed by atoms with van der Waals surface area (Å²) in [5, 5.41) is 3.16. The van der Waals surface area contributed by atoms with E-state index in [1.165, 1.54) is 11.3 Å². The average Bonchev–Trinajstić information content (AvgIpc) is 3.33. The van der Waals surface area contributed by atoms with E-state index in [0.29, 0.717) is 23.7 Å². The lowest BCUT2D eigenvalue weighted by atomic mass is 10.0. The van der Waals surface area contributed by atoms with Gasteiger partial charge in [-0.15, -0.1) is 11.3 Å². The van der Waals surface area contributed by atoms with Gasteiger partial charge in [-0.25, -0.2) is 0 Å². The summed E-state index contributed by atoms with van der Waals surface area (Å²) in [6, 6.07) is 19.4. The Labute approximate surface area is 203 Å². The zero-order chi connectivity index (χ0) is 23.3. The molecule has 0 aliphatic carbocycles. The van der Waals surface area contributed by atoms with E-state index < -0.39 is 0 Å². The van der Waals surface area contributed by atoms with Crippen molar-refractivity contribution in [1.29, 1.82) is 0 Å². The van der Waals surface area contributed by atoms with Gasteiger partial charge in [-0.2, -0.15) is 0 Å². The highest BCUT2D eigenvalue weighted by Crippen LogP contribution is 2.38. The summed E-state index contributed by atoms with van der Waals surface area (Å²) in [5.74, 6) is 1.03. The quantitative estimate of drug-likeness (QED) is 0.540. The molecule has 3 heterocycles. The van der Waals surface area contributed by atoms with Crippen molar-refractivity contribution in [2.45, 2.75) is 31.7 Å². The second-order valence-corrected chi connectivity index (χ2v) is 9.65. The van der Waals surface area contributed by atoms with Crippen LogP contribution in [0.4, 0.5) is 0 Å². The van der Waals surface area contributed by atoms with Gasteiger partial charge in [0.1, 0.15) is 16.4 Å². The number of likely N-dealkylation sites (tertiary alicyclic amines) is 1. The molecule has 0 bridgehead atoms. The van der Waals surface area contributed by atoms with E-state index in [4.69, 9.17) is 9.47 Å². The number of rotatable bonds is 6. The van der Waals surface area contributed by atoms with Crippen LogP contribution in [0.15, 0.2) is 60.7 Å². The van der Waals surface area contributed by atoms with E-state index in [2.05, 4.69) is 5.32 Å². The number of benzene rings is 2. The third-order valence-corrected chi connectivity index (χ3v) is 7.45. The first-order valence-electron chi connectivity index (χ1n) is 11.8. The van der Waals surface area contributed by atoms with Gasteiger partial charge in [-0.3, -0.25) is 9.59 Å². The number of thiophene rings is 1. The largest absolute Gasteiger partial charge is 0.493 e. The first kappa shape index (κ1) is 22.5. The molecule has 1 N–H and O–H groups in total. The van der Waals surface area contributed by atoms with Crippen molar-refractivity contribution in [2.75, 3.05) is 26.3 Å². The third kappa shape index (κ3) is 4.94. The summed E-state index contributed by atoms with van der Waals surface area (Å²) in [7, 11) is 0. The Kier molecular flexibility index (Phi) is 6.81. The van der Waals surface area contributed by atoms with Gasteiger partial charge in [0.05, 0.1) is 12.6 Å². The average molecular weight is 477 g/mol. The number of fused-ring (bicyclic) bond motifs is 1. The molecule has 1 aromatic heterocycles. The first-order valence-corrected chi connectivity index (χ1v) is 12.6. The second kappa shape index (κ2) is 10.3. The lowest BCUT2D eigenvalue weighted by Crippen LogP contribution is -2.38. The van der Waals surface area contributed by atoms with Crippen molar-refractivity contribution in [1.82, 2.24) is 10.2 Å². The molecule has 6 nitrogen and oxygen atoms in total. The maximum absolute atomic E-state index is 13.4. The molecule has 1 unspecified atom stereocenters. The summed E-state index contributed by atoms with van der Waals surface area (Å²) in [6.07, 6.45) is 3.92. The minimum absolute atomic E-state index is 0.0307. The van der Waals surface area contributed by atoms with Crippen LogP contribution in [0.3, 0.4) is 0 Å². The monoisotopic (exact) mass is 476 g/mol. The lowest BCUT2D eigenvalue weighted by Gasteiger charge is -2.27. The molecule has 2 amide bonds. The van der Waals surface area contributed by atoms with Gasteiger partial charge >= 0.3 is 0 Å². The van der Waals surface area contributed by atoms with Crippen molar-refractivity contribution in [3.8, 4) is 21.9 Å². The molecule has 5 rings (SSSR count). The van der Waals surface area contributed by atoms with E-state index in [1.807, 2.05) is 65.6 Å². The van der Waals surface area contributed by atoms with Gasteiger partial charge < -0.3 is 19.7 Å². The fourth-order valence-electron chi connectivity index (χ4n) is 4.47. The van der Waals surface area contributed by atoms with Crippen molar-refractivity contribution in [3.63, 3.8) is 0 Å². The summed E-state index contributed by atoms with van der Waals surface area (Å²) in [4.78, 5) is 29.4. The molecule has 176 valence electrons. The Bertz CT molecular complexity index is 1150. The Hall–Kier alpha value is -3.32. The number of piperidine rings is 1. The van der Waals surface area contributed by atoms with Gasteiger partial charge in [-0.1, -0.05) is 48.5 Å². The van der Waals surface area contributed by atoms with Gasteiger partial charge in [0.25, 0.3) is 11.8 Å². The highest BCUT2D eigenvalue weighted by atomic mass is 32.1. The zero-order valence-corrected chi connectivity index (χ0v) is 19.8. The van der Waals surface area contributed by atoms with Crippen molar-refractivity contribution >= 4 is 23.2 Å². The molecule has 2 aliphatic rings. The number of hydrogen-bond donors (Lipinski definition) is 1. The van der Waals surface area contributed by atoms with E-state index >= 15 is 0 Å². The molecule has 0 saturated carbocycles. The Morgan fingerprint density at radius 3 is 2.62 bits per heavy atom. The molecule has 7 heteroatoms. The van der Waals surface area contributed by atoms with Crippen molar-refractivity contribution in [3.05, 3.63) is 71.1 Å². The smallest absolute Gasteiger partial charge is 0.265 e. The van der Waals surface area contributed by atoms with Crippen LogP contribution in [-0.2, 0) is 4.79 Å². The fraction of sp³-hybridized carbons (Fsp3) is 0.333. The highest BCUT2D eigenvalue weighted by Gasteiger charge is 2.27. The van der Waals surface area contributed by atoms with Crippen LogP contribution >= 0.6 is 11.3 Å². The molecular formula is C27H28N2O4S. The van der Waals surface area contributed by atoms with Gasteiger partial charge in [0.2, 0.25) is 0 Å². The van der Waals surface area contributed by atoms with E-state index in [1.54, 1.807) is 0 Å².